The summed E-state index contributed by atoms with van der Waals surface area (Å²) in [4.78, 5) is 2.39. The summed E-state index contributed by atoms with van der Waals surface area (Å²) in [5, 5.41) is 6.10. The zero-order valence-corrected chi connectivity index (χ0v) is 27.2. The summed E-state index contributed by atoms with van der Waals surface area (Å²) in [6.45, 7) is 2.14. The summed E-state index contributed by atoms with van der Waals surface area (Å²) >= 11 is 0. The summed E-state index contributed by atoms with van der Waals surface area (Å²) in [7, 11) is 0. The van der Waals surface area contributed by atoms with Gasteiger partial charge in [-0.05, 0) is 87.8 Å². The first kappa shape index (κ1) is 28.8. The molecule has 0 saturated heterocycles. The minimum Gasteiger partial charge on any atom is -0.456 e. The molecular weight excluding hydrogens is 595 g/mol. The van der Waals surface area contributed by atoms with Crippen molar-refractivity contribution < 1.29 is 4.42 Å². The van der Waals surface area contributed by atoms with Gasteiger partial charge in [-0.2, -0.15) is 0 Å². The van der Waals surface area contributed by atoms with Crippen molar-refractivity contribution in [3.8, 4) is 33.6 Å². The molecule has 232 valence electrons. The van der Waals surface area contributed by atoms with Gasteiger partial charge in [0.25, 0.3) is 0 Å². The average molecular weight is 628 g/mol. The molecule has 0 bridgehead atoms. The van der Waals surface area contributed by atoms with E-state index in [0.717, 1.165) is 50.5 Å². The Hall–Kier alpha value is -6.38. The Morgan fingerprint density at radius 2 is 0.918 bits per heavy atom. The van der Waals surface area contributed by atoms with Crippen LogP contribution >= 0.6 is 0 Å². The Kier molecular flexibility index (Phi) is 7.06. The molecular formula is C47H33NO. The van der Waals surface area contributed by atoms with Crippen LogP contribution in [0.25, 0.3) is 66.1 Å². The van der Waals surface area contributed by atoms with E-state index in [9.17, 15) is 0 Å². The maximum Gasteiger partial charge on any atom is 0.138 e. The van der Waals surface area contributed by atoms with Crippen LogP contribution in [0.2, 0.25) is 0 Å². The fourth-order valence-corrected chi connectivity index (χ4v) is 7.17. The third-order valence-corrected chi connectivity index (χ3v) is 9.65. The van der Waals surface area contributed by atoms with Crippen molar-refractivity contribution in [3.63, 3.8) is 0 Å². The van der Waals surface area contributed by atoms with Crippen LogP contribution in [0.1, 0.15) is 5.56 Å². The largest absolute Gasteiger partial charge is 0.456 e. The molecule has 2 nitrogen and oxygen atoms in total. The van der Waals surface area contributed by atoms with E-state index in [1.807, 2.05) is 12.1 Å². The summed E-state index contributed by atoms with van der Waals surface area (Å²) in [5.41, 5.74) is 11.2. The van der Waals surface area contributed by atoms with E-state index in [0.29, 0.717) is 0 Å². The van der Waals surface area contributed by atoms with E-state index < -0.39 is 0 Å². The van der Waals surface area contributed by atoms with Crippen molar-refractivity contribution in [2.45, 2.75) is 6.92 Å². The third kappa shape index (κ3) is 5.15. The predicted octanol–water partition coefficient (Wildman–Crippen LogP) is 13.5. The van der Waals surface area contributed by atoms with Crippen LogP contribution < -0.4 is 4.90 Å². The quantitative estimate of drug-likeness (QED) is 0.171. The monoisotopic (exact) mass is 627 g/mol. The van der Waals surface area contributed by atoms with Crippen LogP contribution in [0.3, 0.4) is 0 Å². The van der Waals surface area contributed by atoms with Gasteiger partial charge in [0.1, 0.15) is 11.3 Å². The number of fused-ring (bicyclic) bond motifs is 4. The number of rotatable bonds is 6. The molecule has 1 aromatic heterocycles. The topological polar surface area (TPSA) is 16.4 Å². The lowest BCUT2D eigenvalue weighted by molar-refractivity contribution is 0.629. The van der Waals surface area contributed by atoms with Gasteiger partial charge in [-0.3, -0.25) is 0 Å². The minimum absolute atomic E-state index is 0.919. The molecule has 0 radical (unpaired) electrons. The van der Waals surface area contributed by atoms with Crippen molar-refractivity contribution in [3.05, 3.63) is 188 Å². The van der Waals surface area contributed by atoms with Gasteiger partial charge < -0.3 is 9.32 Å². The van der Waals surface area contributed by atoms with Crippen LogP contribution in [0.5, 0.6) is 0 Å². The lowest BCUT2D eigenvalue weighted by Crippen LogP contribution is -2.10. The molecule has 2 heteroatoms. The third-order valence-electron chi connectivity index (χ3n) is 9.65. The number of anilines is 3. The van der Waals surface area contributed by atoms with Gasteiger partial charge >= 0.3 is 0 Å². The van der Waals surface area contributed by atoms with Crippen LogP contribution in [-0.2, 0) is 0 Å². The molecule has 0 aliphatic rings. The SMILES string of the molecule is Cc1c(-c2cccc(-c3ccc(N(c4ccc(-c5ccccc5)cc4)c4cc5ccccc5c5ccccc45)cc3)c2)oc2ccccc12. The molecule has 0 fully saturated rings. The molecule has 0 amide bonds. The minimum atomic E-state index is 0.919. The summed E-state index contributed by atoms with van der Waals surface area (Å²) < 4.78 is 6.32. The fraction of sp³-hybridized carbons (Fsp3) is 0.0213. The first-order chi connectivity index (χ1) is 24.2. The molecule has 0 aliphatic heterocycles. The molecule has 1 heterocycles. The molecule has 0 atom stereocenters. The van der Waals surface area contributed by atoms with Gasteiger partial charge in [0, 0.05) is 33.3 Å². The lowest BCUT2D eigenvalue weighted by Gasteiger charge is -2.28. The highest BCUT2D eigenvalue weighted by atomic mass is 16.3. The highest BCUT2D eigenvalue weighted by Crippen LogP contribution is 2.43. The molecule has 49 heavy (non-hydrogen) atoms. The van der Waals surface area contributed by atoms with Crippen LogP contribution in [0.4, 0.5) is 17.1 Å². The van der Waals surface area contributed by atoms with Crippen LogP contribution in [0.15, 0.2) is 186 Å². The highest BCUT2D eigenvalue weighted by Gasteiger charge is 2.18. The molecule has 8 aromatic carbocycles. The molecule has 0 spiro atoms. The summed E-state index contributed by atoms with van der Waals surface area (Å²) in [6, 6.07) is 65.1. The van der Waals surface area contributed by atoms with Gasteiger partial charge in [-0.25, -0.2) is 0 Å². The van der Waals surface area contributed by atoms with E-state index in [1.54, 1.807) is 0 Å². The Bertz CT molecular complexity index is 2600. The standard InChI is InChI=1S/C47H33NO/c1-32-41-17-9-10-21-46(41)49-47(32)38-16-11-15-36(30-38)35-24-28-40(29-25-35)48(39-26-22-34(23-27-39)33-12-3-2-4-13-33)45-31-37-14-5-6-18-42(37)43-19-7-8-20-44(43)45/h2-31H,1H3. The van der Waals surface area contributed by atoms with E-state index >= 15 is 0 Å². The summed E-state index contributed by atoms with van der Waals surface area (Å²) in [6.07, 6.45) is 0. The number of hydrogen-bond acceptors (Lipinski definition) is 2. The first-order valence-electron chi connectivity index (χ1n) is 16.8. The Morgan fingerprint density at radius 3 is 1.63 bits per heavy atom. The second-order valence-electron chi connectivity index (χ2n) is 12.6. The lowest BCUT2D eigenvalue weighted by atomic mass is 9.98. The zero-order valence-electron chi connectivity index (χ0n) is 27.2. The second-order valence-corrected chi connectivity index (χ2v) is 12.6. The number of nitrogens with zero attached hydrogens (tertiary/aromatic N) is 1. The molecule has 9 rings (SSSR count). The van der Waals surface area contributed by atoms with Crippen molar-refractivity contribution in [2.75, 3.05) is 4.90 Å². The van der Waals surface area contributed by atoms with Crippen LogP contribution in [-0.4, -0.2) is 0 Å². The van der Waals surface area contributed by atoms with Gasteiger partial charge in [0.15, 0.2) is 0 Å². The van der Waals surface area contributed by atoms with Gasteiger partial charge in [-0.15, -0.1) is 0 Å². The van der Waals surface area contributed by atoms with Gasteiger partial charge in [-0.1, -0.05) is 140 Å². The van der Waals surface area contributed by atoms with E-state index in [1.165, 1.54) is 38.2 Å². The smallest absolute Gasteiger partial charge is 0.138 e. The average Bonchev–Trinajstić information content (AvgIpc) is 3.52. The molecule has 0 unspecified atom stereocenters. The number of furan rings is 1. The predicted molar refractivity (Wildman–Crippen MR) is 207 cm³/mol. The molecule has 9 aromatic rings. The highest BCUT2D eigenvalue weighted by molar-refractivity contribution is 6.14. The fourth-order valence-electron chi connectivity index (χ4n) is 7.17. The first-order valence-corrected chi connectivity index (χ1v) is 16.8. The molecule has 0 N–H and O–H groups in total. The summed E-state index contributed by atoms with van der Waals surface area (Å²) in [5.74, 6) is 0.924. The van der Waals surface area contributed by atoms with Crippen molar-refractivity contribution in [2.24, 2.45) is 0 Å². The number of aryl methyl sites for hydroxylation is 1. The van der Waals surface area contributed by atoms with Crippen molar-refractivity contribution in [1.82, 2.24) is 0 Å². The van der Waals surface area contributed by atoms with E-state index in [-0.39, 0.29) is 0 Å². The maximum absolute atomic E-state index is 6.32. The number of para-hydroxylation sites is 1. The van der Waals surface area contributed by atoms with E-state index in [4.69, 9.17) is 4.42 Å². The molecule has 0 saturated carbocycles. The van der Waals surface area contributed by atoms with Gasteiger partial charge in [0.05, 0.1) is 5.69 Å². The normalized spacial score (nSPS) is 11.4. The van der Waals surface area contributed by atoms with Crippen molar-refractivity contribution >= 4 is 49.6 Å². The second kappa shape index (κ2) is 12.0. The van der Waals surface area contributed by atoms with Crippen molar-refractivity contribution in [1.29, 1.82) is 0 Å². The molecule has 0 aliphatic carbocycles. The van der Waals surface area contributed by atoms with Crippen LogP contribution in [0, 0.1) is 6.92 Å². The van der Waals surface area contributed by atoms with Gasteiger partial charge in [0.2, 0.25) is 0 Å². The Labute approximate surface area is 286 Å². The number of hydrogen-bond donors (Lipinski definition) is 0. The Morgan fingerprint density at radius 1 is 0.388 bits per heavy atom. The maximum atomic E-state index is 6.32. The number of benzene rings is 8. The Balaban J connectivity index is 1.16. The van der Waals surface area contributed by atoms with E-state index in [2.05, 4.69) is 182 Å². The zero-order chi connectivity index (χ0) is 32.7.